The van der Waals surface area contributed by atoms with E-state index in [9.17, 15) is 15.0 Å². The lowest BCUT2D eigenvalue weighted by Crippen LogP contribution is -2.59. The highest BCUT2D eigenvalue weighted by molar-refractivity contribution is 5.86. The summed E-state index contributed by atoms with van der Waals surface area (Å²) in [4.78, 5) is 12.4. The molecule has 0 aromatic carbocycles. The molecule has 0 spiro atoms. The number of ketones is 1. The van der Waals surface area contributed by atoms with E-state index in [1.807, 2.05) is 0 Å². The van der Waals surface area contributed by atoms with Crippen LogP contribution in [0.3, 0.4) is 0 Å². The number of aliphatic hydroxyl groups excluding tert-OH is 1. The van der Waals surface area contributed by atoms with E-state index in [1.165, 1.54) is 12.8 Å². The minimum atomic E-state index is -1.14. The zero-order chi connectivity index (χ0) is 18.2. The van der Waals surface area contributed by atoms with Crippen molar-refractivity contribution in [2.45, 2.75) is 90.8 Å². The van der Waals surface area contributed by atoms with E-state index in [0.29, 0.717) is 29.1 Å². The van der Waals surface area contributed by atoms with Gasteiger partial charge in [0.2, 0.25) is 0 Å². The van der Waals surface area contributed by atoms with E-state index in [0.717, 1.165) is 38.5 Å². The van der Waals surface area contributed by atoms with Crippen molar-refractivity contribution in [3.8, 4) is 0 Å². The normalized spacial score (nSPS) is 58.2. The fraction of sp³-hybridized carbons (Fsp3) is 0.955. The summed E-state index contributed by atoms with van der Waals surface area (Å²) >= 11 is 0. The molecular formula is C22H36O3. The standard InChI is InChI=1S/C22H36O3/c1-13-11-19-17-6-5-15-12-16(24)7-9-20(15,3)18(17)8-10-21(19,4)22(13,25)14(2)23/h13,15-19,24-25H,5-12H2,1-4H3/t13-,15+,16-,17-,18+,19+,20+,21+,22+/m1/s1. The van der Waals surface area contributed by atoms with E-state index >= 15 is 0 Å². The predicted molar refractivity (Wildman–Crippen MR) is 97.9 cm³/mol. The first kappa shape index (κ1) is 18.0. The minimum Gasteiger partial charge on any atom is -0.393 e. The van der Waals surface area contributed by atoms with Crippen molar-refractivity contribution in [2.24, 2.45) is 40.4 Å². The maximum atomic E-state index is 12.4. The Morgan fingerprint density at radius 3 is 2.40 bits per heavy atom. The van der Waals surface area contributed by atoms with E-state index in [2.05, 4.69) is 20.8 Å². The van der Waals surface area contributed by atoms with E-state index in [1.54, 1.807) is 6.92 Å². The molecule has 3 nitrogen and oxygen atoms in total. The fourth-order valence-electron chi connectivity index (χ4n) is 8.33. The van der Waals surface area contributed by atoms with Gasteiger partial charge in [0.05, 0.1) is 6.10 Å². The summed E-state index contributed by atoms with van der Waals surface area (Å²) in [6.45, 7) is 8.37. The Morgan fingerprint density at radius 1 is 1.00 bits per heavy atom. The Hall–Kier alpha value is -0.410. The van der Waals surface area contributed by atoms with Gasteiger partial charge >= 0.3 is 0 Å². The molecule has 4 fully saturated rings. The molecule has 0 radical (unpaired) electrons. The van der Waals surface area contributed by atoms with Gasteiger partial charge in [-0.15, -0.1) is 0 Å². The molecule has 2 N–H and O–H groups in total. The van der Waals surface area contributed by atoms with Crippen molar-refractivity contribution in [3.63, 3.8) is 0 Å². The molecule has 25 heavy (non-hydrogen) atoms. The van der Waals surface area contributed by atoms with Gasteiger partial charge in [0.25, 0.3) is 0 Å². The van der Waals surface area contributed by atoms with Crippen LogP contribution in [-0.2, 0) is 4.79 Å². The molecule has 4 rings (SSSR count). The molecule has 0 unspecified atom stereocenters. The van der Waals surface area contributed by atoms with Crippen LogP contribution in [0.5, 0.6) is 0 Å². The SMILES string of the molecule is CC(=O)[C@@]1(O)[C@H](C)C[C@H]2[C@@H]3CC[C@H]4C[C@H](O)CC[C@]4(C)[C@H]3CC[C@@]21C. The predicted octanol–water partition coefficient (Wildman–Crippen LogP) is 3.96. The number of Topliss-reactive ketones (excluding diaryl/α,β-unsaturated/α-hetero) is 1. The smallest absolute Gasteiger partial charge is 0.162 e. The Morgan fingerprint density at radius 2 is 1.72 bits per heavy atom. The van der Waals surface area contributed by atoms with Gasteiger partial charge in [-0.05, 0) is 93.3 Å². The Kier molecular flexibility index (Phi) is 3.99. The Labute approximate surface area is 152 Å². The van der Waals surface area contributed by atoms with Crippen LogP contribution < -0.4 is 0 Å². The quantitative estimate of drug-likeness (QED) is 0.754. The summed E-state index contributed by atoms with van der Waals surface area (Å²) < 4.78 is 0. The molecule has 0 bridgehead atoms. The first-order chi connectivity index (χ1) is 11.6. The van der Waals surface area contributed by atoms with Crippen molar-refractivity contribution in [1.82, 2.24) is 0 Å². The summed E-state index contributed by atoms with van der Waals surface area (Å²) in [7, 11) is 0. The monoisotopic (exact) mass is 348 g/mol. The van der Waals surface area contributed by atoms with Gasteiger partial charge in [-0.3, -0.25) is 4.79 Å². The van der Waals surface area contributed by atoms with Gasteiger partial charge in [-0.2, -0.15) is 0 Å². The summed E-state index contributed by atoms with van der Waals surface area (Å²) in [6.07, 6.45) is 8.53. The molecule has 9 atom stereocenters. The molecule has 0 amide bonds. The molecule has 3 heteroatoms. The molecule has 142 valence electrons. The topological polar surface area (TPSA) is 57.5 Å². The van der Waals surface area contributed by atoms with Crippen LogP contribution >= 0.6 is 0 Å². The van der Waals surface area contributed by atoms with Crippen LogP contribution in [-0.4, -0.2) is 27.7 Å². The molecule has 0 heterocycles. The second-order valence-corrected chi connectivity index (χ2v) is 10.5. The van der Waals surface area contributed by atoms with Gasteiger partial charge < -0.3 is 10.2 Å². The van der Waals surface area contributed by atoms with Crippen molar-refractivity contribution in [2.75, 3.05) is 0 Å². The van der Waals surface area contributed by atoms with E-state index in [-0.39, 0.29) is 23.2 Å². The second kappa shape index (κ2) is 5.55. The number of carbonyl (C=O) groups is 1. The third-order valence-corrected chi connectivity index (χ3v) is 9.76. The Balaban J connectivity index is 1.67. The molecule has 0 aliphatic heterocycles. The summed E-state index contributed by atoms with van der Waals surface area (Å²) in [5, 5.41) is 21.6. The molecule has 0 saturated heterocycles. The van der Waals surface area contributed by atoms with Crippen molar-refractivity contribution < 1.29 is 15.0 Å². The molecular weight excluding hydrogens is 312 g/mol. The third-order valence-electron chi connectivity index (χ3n) is 9.76. The van der Waals surface area contributed by atoms with Crippen LogP contribution in [0.1, 0.15) is 79.1 Å². The number of fused-ring (bicyclic) bond motifs is 5. The summed E-state index contributed by atoms with van der Waals surface area (Å²) in [5.74, 6) is 2.53. The molecule has 4 saturated carbocycles. The second-order valence-electron chi connectivity index (χ2n) is 10.5. The highest BCUT2D eigenvalue weighted by Gasteiger charge is 2.68. The van der Waals surface area contributed by atoms with Crippen LogP contribution in [0, 0.1) is 40.4 Å². The summed E-state index contributed by atoms with van der Waals surface area (Å²) in [5.41, 5.74) is -1.04. The lowest BCUT2D eigenvalue weighted by Gasteiger charge is -2.61. The van der Waals surface area contributed by atoms with Gasteiger partial charge in [-0.25, -0.2) is 0 Å². The number of hydrogen-bond donors (Lipinski definition) is 2. The number of hydrogen-bond acceptors (Lipinski definition) is 3. The zero-order valence-corrected chi connectivity index (χ0v) is 16.4. The average Bonchev–Trinajstić information content (AvgIpc) is 2.77. The summed E-state index contributed by atoms with van der Waals surface area (Å²) in [6, 6.07) is 0. The van der Waals surface area contributed by atoms with Gasteiger partial charge in [0, 0.05) is 5.41 Å². The van der Waals surface area contributed by atoms with Gasteiger partial charge in [-0.1, -0.05) is 20.8 Å². The minimum absolute atomic E-state index is 0.0239. The molecule has 0 aromatic heterocycles. The number of rotatable bonds is 1. The Bertz CT molecular complexity index is 574. The van der Waals surface area contributed by atoms with Crippen LogP contribution in [0.25, 0.3) is 0 Å². The van der Waals surface area contributed by atoms with Crippen molar-refractivity contribution in [1.29, 1.82) is 0 Å². The number of aliphatic hydroxyl groups is 2. The van der Waals surface area contributed by atoms with Gasteiger partial charge in [0.15, 0.2) is 5.78 Å². The van der Waals surface area contributed by atoms with Crippen molar-refractivity contribution in [3.05, 3.63) is 0 Å². The maximum absolute atomic E-state index is 12.4. The van der Waals surface area contributed by atoms with Crippen molar-refractivity contribution >= 4 is 5.78 Å². The molecule has 4 aliphatic carbocycles. The molecule has 4 aliphatic rings. The highest BCUT2D eigenvalue weighted by Crippen LogP contribution is 2.69. The van der Waals surface area contributed by atoms with E-state index < -0.39 is 5.60 Å². The van der Waals surface area contributed by atoms with Crippen LogP contribution in [0.4, 0.5) is 0 Å². The lowest BCUT2D eigenvalue weighted by molar-refractivity contribution is -0.175. The third kappa shape index (κ3) is 2.15. The lowest BCUT2D eigenvalue weighted by atomic mass is 9.44. The molecule has 0 aromatic rings. The zero-order valence-electron chi connectivity index (χ0n) is 16.4. The largest absolute Gasteiger partial charge is 0.393 e. The average molecular weight is 349 g/mol. The first-order valence-electron chi connectivity index (χ1n) is 10.6. The van der Waals surface area contributed by atoms with Gasteiger partial charge in [0.1, 0.15) is 5.60 Å². The van der Waals surface area contributed by atoms with E-state index in [4.69, 9.17) is 0 Å². The maximum Gasteiger partial charge on any atom is 0.162 e. The first-order valence-corrected chi connectivity index (χ1v) is 10.6. The van der Waals surface area contributed by atoms with Crippen LogP contribution in [0.2, 0.25) is 0 Å². The number of carbonyl (C=O) groups excluding carboxylic acids is 1. The highest BCUT2D eigenvalue weighted by atomic mass is 16.3. The fourth-order valence-corrected chi connectivity index (χ4v) is 8.33. The van der Waals surface area contributed by atoms with Crippen LogP contribution in [0.15, 0.2) is 0 Å².